The fourth-order valence-corrected chi connectivity index (χ4v) is 2.77. The van der Waals surface area contributed by atoms with Crippen molar-refractivity contribution < 1.29 is 9.21 Å². The maximum Gasteiger partial charge on any atom is 0.257 e. The second kappa shape index (κ2) is 5.11. The van der Waals surface area contributed by atoms with Gasteiger partial charge in [0.05, 0.1) is 11.6 Å². The zero-order valence-electron chi connectivity index (χ0n) is 11.7. The lowest BCUT2D eigenvalue weighted by Gasteiger charge is -2.32. The van der Waals surface area contributed by atoms with Crippen molar-refractivity contribution in [3.05, 3.63) is 35.8 Å². The summed E-state index contributed by atoms with van der Waals surface area (Å²) in [5.41, 5.74) is 0.668. The van der Waals surface area contributed by atoms with E-state index in [2.05, 4.69) is 10.1 Å². The summed E-state index contributed by atoms with van der Waals surface area (Å²) in [6.07, 6.45) is 5.25. The molecule has 0 aromatic carbocycles. The van der Waals surface area contributed by atoms with Gasteiger partial charge >= 0.3 is 0 Å². The summed E-state index contributed by atoms with van der Waals surface area (Å²) >= 11 is 0. The van der Waals surface area contributed by atoms with Crippen LogP contribution >= 0.6 is 0 Å². The molecule has 0 bridgehead atoms. The van der Waals surface area contributed by atoms with Crippen LogP contribution in [0.15, 0.2) is 23.1 Å². The predicted molar refractivity (Wildman–Crippen MR) is 72.4 cm³/mol. The van der Waals surface area contributed by atoms with Crippen molar-refractivity contribution in [3.63, 3.8) is 0 Å². The van der Waals surface area contributed by atoms with Crippen LogP contribution in [0.25, 0.3) is 0 Å². The van der Waals surface area contributed by atoms with E-state index in [9.17, 15) is 4.79 Å². The number of furan rings is 1. The first-order chi connectivity index (χ1) is 9.65. The van der Waals surface area contributed by atoms with Crippen LogP contribution in [-0.2, 0) is 0 Å². The van der Waals surface area contributed by atoms with Crippen LogP contribution < -0.4 is 0 Å². The van der Waals surface area contributed by atoms with Crippen LogP contribution in [0.2, 0.25) is 0 Å². The smallest absolute Gasteiger partial charge is 0.257 e. The number of aryl methyl sites for hydroxylation is 2. The minimum Gasteiger partial charge on any atom is -0.466 e. The zero-order valence-corrected chi connectivity index (χ0v) is 11.7. The molecule has 20 heavy (non-hydrogen) atoms. The molecule has 3 rings (SSSR count). The normalized spacial score (nSPS) is 19.3. The van der Waals surface area contributed by atoms with Gasteiger partial charge in [0.15, 0.2) is 0 Å². The Kier molecular flexibility index (Phi) is 3.30. The summed E-state index contributed by atoms with van der Waals surface area (Å²) in [6.45, 7) is 5.15. The molecule has 1 saturated heterocycles. The highest BCUT2D eigenvalue weighted by atomic mass is 16.3. The van der Waals surface area contributed by atoms with Gasteiger partial charge in [-0.15, -0.1) is 0 Å². The van der Waals surface area contributed by atoms with Crippen molar-refractivity contribution in [3.8, 4) is 0 Å². The van der Waals surface area contributed by atoms with Gasteiger partial charge in [0, 0.05) is 13.1 Å². The van der Waals surface area contributed by atoms with Crippen molar-refractivity contribution in [2.45, 2.75) is 32.7 Å². The molecular formula is C14H18N4O2. The number of hydrogen-bond donors (Lipinski definition) is 0. The first kappa shape index (κ1) is 12.9. The Hall–Kier alpha value is -2.11. The van der Waals surface area contributed by atoms with Crippen LogP contribution in [0, 0.1) is 13.8 Å². The third kappa shape index (κ3) is 2.33. The number of aromatic nitrogens is 3. The van der Waals surface area contributed by atoms with Crippen molar-refractivity contribution in [2.75, 3.05) is 13.1 Å². The number of carbonyl (C=O) groups excluding carboxylic acids is 1. The van der Waals surface area contributed by atoms with Crippen molar-refractivity contribution in [2.24, 2.45) is 0 Å². The lowest BCUT2D eigenvalue weighted by molar-refractivity contribution is 0.0671. The minimum absolute atomic E-state index is 0.0455. The third-order valence-corrected chi connectivity index (χ3v) is 3.77. The summed E-state index contributed by atoms with van der Waals surface area (Å²) < 4.78 is 7.29. The monoisotopic (exact) mass is 274 g/mol. The van der Waals surface area contributed by atoms with Crippen molar-refractivity contribution in [1.29, 1.82) is 0 Å². The molecule has 1 aliphatic heterocycles. The predicted octanol–water partition coefficient (Wildman–Crippen LogP) is 1.97. The first-order valence-electron chi connectivity index (χ1n) is 6.85. The molecule has 1 amide bonds. The Balaban J connectivity index is 1.77. The van der Waals surface area contributed by atoms with Crippen LogP contribution in [0.1, 0.15) is 40.8 Å². The van der Waals surface area contributed by atoms with Crippen molar-refractivity contribution >= 4 is 5.91 Å². The summed E-state index contributed by atoms with van der Waals surface area (Å²) in [5, 5.41) is 4.18. The average Bonchev–Trinajstić information content (AvgIpc) is 3.08. The summed E-state index contributed by atoms with van der Waals surface area (Å²) in [5.74, 6) is 1.51. The van der Waals surface area contributed by atoms with Gasteiger partial charge in [-0.1, -0.05) is 0 Å². The number of rotatable bonds is 2. The molecule has 0 N–H and O–H groups in total. The van der Waals surface area contributed by atoms with Gasteiger partial charge in [-0.2, -0.15) is 5.10 Å². The molecule has 0 spiro atoms. The quantitative estimate of drug-likeness (QED) is 0.839. The lowest BCUT2D eigenvalue weighted by Crippen LogP contribution is -2.40. The maximum atomic E-state index is 12.6. The molecule has 6 heteroatoms. The highest BCUT2D eigenvalue weighted by Crippen LogP contribution is 2.23. The van der Waals surface area contributed by atoms with Crippen LogP contribution in [0.4, 0.5) is 0 Å². The molecule has 0 aliphatic carbocycles. The Morgan fingerprint density at radius 3 is 2.95 bits per heavy atom. The topological polar surface area (TPSA) is 64.2 Å². The fraction of sp³-hybridized carbons (Fsp3) is 0.500. The van der Waals surface area contributed by atoms with E-state index in [0.29, 0.717) is 17.9 Å². The Morgan fingerprint density at radius 2 is 2.30 bits per heavy atom. The molecule has 1 atom stereocenters. The first-order valence-corrected chi connectivity index (χ1v) is 6.85. The Bertz CT molecular complexity index is 603. The summed E-state index contributed by atoms with van der Waals surface area (Å²) in [6, 6.07) is 2.03. The lowest BCUT2D eigenvalue weighted by atomic mass is 10.0. The Morgan fingerprint density at radius 1 is 1.45 bits per heavy atom. The van der Waals surface area contributed by atoms with Crippen LogP contribution in [0.5, 0.6) is 0 Å². The molecule has 0 radical (unpaired) electrons. The maximum absolute atomic E-state index is 12.6. The van der Waals surface area contributed by atoms with Gasteiger partial charge in [-0.05, 0) is 32.8 Å². The second-order valence-electron chi connectivity index (χ2n) is 5.25. The summed E-state index contributed by atoms with van der Waals surface area (Å²) in [4.78, 5) is 18.4. The van der Waals surface area contributed by atoms with E-state index in [0.717, 1.165) is 25.1 Å². The molecule has 2 aromatic heterocycles. The average molecular weight is 274 g/mol. The molecule has 1 aliphatic rings. The van der Waals surface area contributed by atoms with Crippen molar-refractivity contribution in [1.82, 2.24) is 19.7 Å². The van der Waals surface area contributed by atoms with Gasteiger partial charge in [-0.25, -0.2) is 9.67 Å². The molecule has 3 heterocycles. The van der Waals surface area contributed by atoms with E-state index in [1.807, 2.05) is 29.5 Å². The Labute approximate surface area is 117 Å². The van der Waals surface area contributed by atoms with E-state index in [1.165, 1.54) is 6.33 Å². The van der Waals surface area contributed by atoms with Crippen LogP contribution in [0.3, 0.4) is 0 Å². The summed E-state index contributed by atoms with van der Waals surface area (Å²) in [7, 11) is 0. The largest absolute Gasteiger partial charge is 0.466 e. The molecule has 1 unspecified atom stereocenters. The molecule has 6 nitrogen and oxygen atoms in total. The second-order valence-corrected chi connectivity index (χ2v) is 5.25. The van der Waals surface area contributed by atoms with E-state index < -0.39 is 0 Å². The standard InChI is InChI=1S/C14H18N4O2/c1-10-6-13(11(2)20-10)14(19)17-5-3-4-12(7-17)18-9-15-8-16-18/h6,8-9,12H,3-5,7H2,1-2H3. The van der Waals surface area contributed by atoms with Gasteiger partial charge in [0.25, 0.3) is 5.91 Å². The zero-order chi connectivity index (χ0) is 14.1. The van der Waals surface area contributed by atoms with Gasteiger partial charge < -0.3 is 9.32 Å². The van der Waals surface area contributed by atoms with E-state index in [4.69, 9.17) is 4.42 Å². The van der Waals surface area contributed by atoms with Gasteiger partial charge in [-0.3, -0.25) is 4.79 Å². The number of nitrogens with zero attached hydrogens (tertiary/aromatic N) is 4. The highest BCUT2D eigenvalue weighted by molar-refractivity contribution is 5.95. The van der Waals surface area contributed by atoms with Gasteiger partial charge in [0.2, 0.25) is 0 Å². The molecule has 1 fully saturated rings. The third-order valence-electron chi connectivity index (χ3n) is 3.77. The molecular weight excluding hydrogens is 256 g/mol. The van der Waals surface area contributed by atoms with Gasteiger partial charge in [0.1, 0.15) is 24.2 Å². The number of carbonyl (C=O) groups is 1. The number of piperidine rings is 1. The van der Waals surface area contributed by atoms with E-state index in [1.54, 1.807) is 6.33 Å². The molecule has 0 saturated carbocycles. The molecule has 2 aromatic rings. The minimum atomic E-state index is 0.0455. The number of hydrogen-bond acceptors (Lipinski definition) is 4. The SMILES string of the molecule is Cc1cc(C(=O)N2CCCC(n3cncn3)C2)c(C)o1. The fourth-order valence-electron chi connectivity index (χ4n) is 2.77. The number of likely N-dealkylation sites (tertiary alicyclic amines) is 1. The molecule has 106 valence electrons. The highest BCUT2D eigenvalue weighted by Gasteiger charge is 2.27. The van der Waals surface area contributed by atoms with Crippen LogP contribution in [-0.4, -0.2) is 38.7 Å². The van der Waals surface area contributed by atoms with E-state index >= 15 is 0 Å². The number of amides is 1. The van der Waals surface area contributed by atoms with E-state index in [-0.39, 0.29) is 11.9 Å².